The van der Waals surface area contributed by atoms with Crippen LogP contribution in [0.2, 0.25) is 0 Å². The van der Waals surface area contributed by atoms with Crippen LogP contribution in [0.3, 0.4) is 0 Å². The van der Waals surface area contributed by atoms with Gasteiger partial charge in [-0.05, 0) is 31.0 Å². The van der Waals surface area contributed by atoms with Gasteiger partial charge in [0.05, 0.1) is 6.04 Å². The van der Waals surface area contributed by atoms with E-state index in [0.717, 1.165) is 29.4 Å². The van der Waals surface area contributed by atoms with Crippen molar-refractivity contribution in [1.29, 1.82) is 0 Å². The van der Waals surface area contributed by atoms with E-state index in [1.807, 2.05) is 31.2 Å². The lowest BCUT2D eigenvalue weighted by Gasteiger charge is -2.15. The first-order valence-corrected chi connectivity index (χ1v) is 6.72. The third kappa shape index (κ3) is 5.22. The first kappa shape index (κ1) is 14.0. The molecule has 0 spiro atoms. The predicted octanol–water partition coefficient (Wildman–Crippen LogP) is 3.61. The number of unbranched alkanes of at least 4 members (excludes halogenated alkanes) is 1. The van der Waals surface area contributed by atoms with Gasteiger partial charge in [0, 0.05) is 11.0 Å². The fraction of sp³-hybridized carbons (Fsp3) is 0.462. The highest BCUT2D eigenvalue weighted by molar-refractivity contribution is 9.10. The van der Waals surface area contributed by atoms with Gasteiger partial charge in [0.15, 0.2) is 0 Å². The molecule has 0 heterocycles. The zero-order valence-electron chi connectivity index (χ0n) is 10.3. The highest BCUT2D eigenvalue weighted by atomic mass is 79.9. The molecule has 0 aromatic heterocycles. The molecule has 17 heavy (non-hydrogen) atoms. The second kappa shape index (κ2) is 7.33. The second-order valence-electron chi connectivity index (χ2n) is 4.03. The van der Waals surface area contributed by atoms with Crippen LogP contribution in [0.25, 0.3) is 0 Å². The first-order chi connectivity index (χ1) is 8.13. The van der Waals surface area contributed by atoms with Crippen molar-refractivity contribution in [1.82, 2.24) is 10.6 Å². The molecule has 1 rings (SSSR count). The molecule has 0 radical (unpaired) electrons. The summed E-state index contributed by atoms with van der Waals surface area (Å²) in [5, 5.41) is 5.75. The Morgan fingerprint density at radius 3 is 2.88 bits per heavy atom. The molecule has 94 valence electrons. The maximum Gasteiger partial charge on any atom is 0.315 e. The lowest BCUT2D eigenvalue weighted by molar-refractivity contribution is 0.238. The summed E-state index contributed by atoms with van der Waals surface area (Å²) in [7, 11) is 0. The Labute approximate surface area is 111 Å². The molecule has 0 aliphatic carbocycles. The fourth-order valence-electron chi connectivity index (χ4n) is 1.49. The summed E-state index contributed by atoms with van der Waals surface area (Å²) < 4.78 is 1.02. The van der Waals surface area contributed by atoms with Gasteiger partial charge in [-0.3, -0.25) is 0 Å². The monoisotopic (exact) mass is 298 g/mol. The average Bonchev–Trinajstić information content (AvgIpc) is 2.29. The number of hydrogen-bond acceptors (Lipinski definition) is 1. The molecule has 1 aromatic rings. The van der Waals surface area contributed by atoms with Crippen LogP contribution in [-0.4, -0.2) is 12.6 Å². The Hall–Kier alpha value is -1.03. The zero-order chi connectivity index (χ0) is 12.7. The number of halogens is 1. The number of hydrogen-bond donors (Lipinski definition) is 2. The van der Waals surface area contributed by atoms with E-state index in [0.29, 0.717) is 0 Å². The maximum absolute atomic E-state index is 11.6. The molecule has 0 fully saturated rings. The van der Waals surface area contributed by atoms with Gasteiger partial charge in [-0.2, -0.15) is 0 Å². The van der Waals surface area contributed by atoms with Gasteiger partial charge in [-0.25, -0.2) is 4.79 Å². The van der Waals surface area contributed by atoms with Gasteiger partial charge in [0.25, 0.3) is 0 Å². The van der Waals surface area contributed by atoms with Crippen molar-refractivity contribution in [2.24, 2.45) is 0 Å². The zero-order valence-corrected chi connectivity index (χ0v) is 11.9. The van der Waals surface area contributed by atoms with Gasteiger partial charge < -0.3 is 10.6 Å². The summed E-state index contributed by atoms with van der Waals surface area (Å²) in [6.45, 7) is 4.80. The first-order valence-electron chi connectivity index (χ1n) is 5.93. The summed E-state index contributed by atoms with van der Waals surface area (Å²) in [6, 6.07) is 7.85. The Kier molecular flexibility index (Phi) is 6.05. The van der Waals surface area contributed by atoms with E-state index in [-0.39, 0.29) is 12.1 Å². The summed E-state index contributed by atoms with van der Waals surface area (Å²) in [5.74, 6) is 0. The van der Waals surface area contributed by atoms with E-state index in [2.05, 4.69) is 33.5 Å². The smallest absolute Gasteiger partial charge is 0.315 e. The normalized spacial score (nSPS) is 11.9. The topological polar surface area (TPSA) is 41.1 Å². The standard InChI is InChI=1S/C13H19BrN2O/c1-3-4-8-15-13(17)16-10(2)11-6-5-7-12(14)9-11/h5-7,9-10H,3-4,8H2,1-2H3,(H2,15,16,17)/t10-/m1/s1. The van der Waals surface area contributed by atoms with E-state index >= 15 is 0 Å². The lowest BCUT2D eigenvalue weighted by atomic mass is 10.1. The number of carbonyl (C=O) groups is 1. The summed E-state index contributed by atoms with van der Waals surface area (Å²) in [6.07, 6.45) is 2.10. The van der Waals surface area contributed by atoms with Crippen LogP contribution in [-0.2, 0) is 0 Å². The van der Waals surface area contributed by atoms with Gasteiger partial charge in [-0.15, -0.1) is 0 Å². The van der Waals surface area contributed by atoms with Crippen LogP contribution in [0.5, 0.6) is 0 Å². The number of amides is 2. The van der Waals surface area contributed by atoms with Crippen molar-refractivity contribution in [2.45, 2.75) is 32.7 Å². The fourth-order valence-corrected chi connectivity index (χ4v) is 1.90. The van der Waals surface area contributed by atoms with E-state index in [1.165, 1.54) is 0 Å². The molecular weight excluding hydrogens is 280 g/mol. The third-order valence-electron chi connectivity index (χ3n) is 2.51. The maximum atomic E-state index is 11.6. The molecule has 3 nitrogen and oxygen atoms in total. The Bertz CT molecular complexity index is 368. The lowest BCUT2D eigenvalue weighted by Crippen LogP contribution is -2.37. The Balaban J connectivity index is 2.43. The van der Waals surface area contributed by atoms with Gasteiger partial charge >= 0.3 is 6.03 Å². The second-order valence-corrected chi connectivity index (χ2v) is 4.95. The van der Waals surface area contributed by atoms with Crippen molar-refractivity contribution in [2.75, 3.05) is 6.54 Å². The van der Waals surface area contributed by atoms with Gasteiger partial charge in [-0.1, -0.05) is 41.4 Å². The van der Waals surface area contributed by atoms with Crippen LogP contribution in [0.15, 0.2) is 28.7 Å². The molecule has 1 aromatic carbocycles. The number of nitrogens with one attached hydrogen (secondary N) is 2. The minimum atomic E-state index is -0.106. The molecular formula is C13H19BrN2O. The molecule has 1 atom stereocenters. The third-order valence-corrected chi connectivity index (χ3v) is 3.01. The summed E-state index contributed by atoms with van der Waals surface area (Å²) in [5.41, 5.74) is 1.09. The van der Waals surface area contributed by atoms with E-state index in [4.69, 9.17) is 0 Å². The average molecular weight is 299 g/mol. The van der Waals surface area contributed by atoms with Crippen LogP contribution in [0.1, 0.15) is 38.3 Å². The number of rotatable bonds is 5. The number of benzene rings is 1. The minimum absolute atomic E-state index is 0.00845. The SMILES string of the molecule is CCCCNC(=O)N[C@H](C)c1cccc(Br)c1. The van der Waals surface area contributed by atoms with Crippen molar-refractivity contribution in [3.8, 4) is 0 Å². The molecule has 0 saturated carbocycles. The predicted molar refractivity (Wildman–Crippen MR) is 74.0 cm³/mol. The summed E-state index contributed by atoms with van der Waals surface area (Å²) >= 11 is 3.42. The molecule has 2 amide bonds. The van der Waals surface area contributed by atoms with Crippen molar-refractivity contribution >= 4 is 22.0 Å². The number of urea groups is 1. The Morgan fingerprint density at radius 1 is 1.47 bits per heavy atom. The van der Waals surface area contributed by atoms with Crippen LogP contribution in [0, 0.1) is 0 Å². The van der Waals surface area contributed by atoms with Crippen molar-refractivity contribution in [3.05, 3.63) is 34.3 Å². The number of carbonyl (C=O) groups excluding carboxylic acids is 1. The summed E-state index contributed by atoms with van der Waals surface area (Å²) in [4.78, 5) is 11.6. The van der Waals surface area contributed by atoms with E-state index < -0.39 is 0 Å². The largest absolute Gasteiger partial charge is 0.338 e. The van der Waals surface area contributed by atoms with Crippen molar-refractivity contribution < 1.29 is 4.79 Å². The van der Waals surface area contributed by atoms with Crippen LogP contribution < -0.4 is 10.6 Å². The highest BCUT2D eigenvalue weighted by Crippen LogP contribution is 2.17. The van der Waals surface area contributed by atoms with Crippen molar-refractivity contribution in [3.63, 3.8) is 0 Å². The molecule has 4 heteroatoms. The van der Waals surface area contributed by atoms with Crippen LogP contribution >= 0.6 is 15.9 Å². The molecule has 0 saturated heterocycles. The van der Waals surface area contributed by atoms with Gasteiger partial charge in [0.2, 0.25) is 0 Å². The van der Waals surface area contributed by atoms with Crippen LogP contribution in [0.4, 0.5) is 4.79 Å². The molecule has 2 N–H and O–H groups in total. The van der Waals surface area contributed by atoms with E-state index in [9.17, 15) is 4.79 Å². The molecule has 0 aliphatic heterocycles. The van der Waals surface area contributed by atoms with E-state index in [1.54, 1.807) is 0 Å². The highest BCUT2D eigenvalue weighted by Gasteiger charge is 2.08. The molecule has 0 bridgehead atoms. The molecule has 0 aliphatic rings. The Morgan fingerprint density at radius 2 is 2.24 bits per heavy atom. The molecule has 0 unspecified atom stereocenters. The van der Waals surface area contributed by atoms with Gasteiger partial charge in [0.1, 0.15) is 0 Å². The minimum Gasteiger partial charge on any atom is -0.338 e. The quantitative estimate of drug-likeness (QED) is 0.801.